The average molecular weight is 292 g/mol. The number of carbonyl (C=O) groups excluding carboxylic acids is 2. The maximum atomic E-state index is 11.9. The second kappa shape index (κ2) is 6.94. The number of nitrogen functional groups attached to an aromatic ring is 1. The fourth-order valence-corrected chi connectivity index (χ4v) is 2.37. The molecular weight excluding hydrogens is 272 g/mol. The third-order valence-corrected chi connectivity index (χ3v) is 3.30. The number of para-hydroxylation sites is 1. The van der Waals surface area contributed by atoms with Gasteiger partial charge in [-0.1, -0.05) is 12.1 Å². The average Bonchev–Trinajstić information content (AvgIpc) is 2.83. The van der Waals surface area contributed by atoms with E-state index in [9.17, 15) is 9.59 Å². The van der Waals surface area contributed by atoms with Crippen LogP contribution in [0.25, 0.3) is 0 Å². The van der Waals surface area contributed by atoms with E-state index in [4.69, 9.17) is 10.5 Å². The number of rotatable bonds is 5. The number of nitrogens with one attached hydrogen (secondary N) is 2. The Morgan fingerprint density at radius 3 is 3.00 bits per heavy atom. The summed E-state index contributed by atoms with van der Waals surface area (Å²) in [4.78, 5) is 25.2. The molecule has 0 aromatic heterocycles. The first-order chi connectivity index (χ1) is 10.1. The van der Waals surface area contributed by atoms with Crippen molar-refractivity contribution in [2.45, 2.75) is 6.42 Å². The predicted octanol–water partition coefficient (Wildman–Crippen LogP) is 0.104. The fraction of sp³-hybridized carbons (Fsp3) is 0.429. The van der Waals surface area contributed by atoms with Gasteiger partial charge in [0.15, 0.2) is 0 Å². The van der Waals surface area contributed by atoms with Crippen LogP contribution in [-0.4, -0.2) is 45.3 Å². The largest absolute Gasteiger partial charge is 0.397 e. The highest BCUT2D eigenvalue weighted by molar-refractivity contribution is 5.97. The van der Waals surface area contributed by atoms with Gasteiger partial charge in [0, 0.05) is 20.2 Å². The highest BCUT2D eigenvalue weighted by atomic mass is 16.5. The SMILES string of the molecule is COCCNC(=O)NC(=O)CN1CCc2cccc(N)c21. The molecule has 0 fully saturated rings. The predicted molar refractivity (Wildman–Crippen MR) is 80.2 cm³/mol. The standard InChI is InChI=1S/C14H20N4O3/c1-21-8-6-16-14(20)17-12(19)9-18-7-5-10-3-2-4-11(15)13(10)18/h2-4H,5-9,15H2,1H3,(H2,16,17,19,20). The first-order valence-corrected chi connectivity index (χ1v) is 6.80. The fourth-order valence-electron chi connectivity index (χ4n) is 2.37. The minimum absolute atomic E-state index is 0.110. The Labute approximate surface area is 123 Å². The Bertz CT molecular complexity index is 533. The number of hydrogen-bond acceptors (Lipinski definition) is 5. The second-order valence-corrected chi connectivity index (χ2v) is 4.82. The molecule has 0 saturated carbocycles. The molecule has 4 N–H and O–H groups in total. The second-order valence-electron chi connectivity index (χ2n) is 4.82. The summed E-state index contributed by atoms with van der Waals surface area (Å²) in [6.07, 6.45) is 0.855. The quantitative estimate of drug-likeness (QED) is 0.528. The lowest BCUT2D eigenvalue weighted by Gasteiger charge is -2.20. The van der Waals surface area contributed by atoms with Gasteiger partial charge in [0.1, 0.15) is 0 Å². The number of nitrogens with zero attached hydrogens (tertiary/aromatic N) is 1. The van der Waals surface area contributed by atoms with Gasteiger partial charge in [-0.2, -0.15) is 0 Å². The minimum Gasteiger partial charge on any atom is -0.397 e. The number of fused-ring (bicyclic) bond motifs is 1. The van der Waals surface area contributed by atoms with E-state index in [1.807, 2.05) is 23.1 Å². The third-order valence-electron chi connectivity index (χ3n) is 3.30. The van der Waals surface area contributed by atoms with Gasteiger partial charge >= 0.3 is 6.03 Å². The van der Waals surface area contributed by atoms with Crippen LogP contribution in [0.3, 0.4) is 0 Å². The Kier molecular flexibility index (Phi) is 4.99. The Morgan fingerprint density at radius 2 is 2.24 bits per heavy atom. The number of ether oxygens (including phenoxy) is 1. The van der Waals surface area contributed by atoms with E-state index < -0.39 is 6.03 Å². The maximum Gasteiger partial charge on any atom is 0.321 e. The van der Waals surface area contributed by atoms with Crippen LogP contribution in [0.4, 0.5) is 16.2 Å². The van der Waals surface area contributed by atoms with Crippen molar-refractivity contribution < 1.29 is 14.3 Å². The van der Waals surface area contributed by atoms with Crippen molar-refractivity contribution in [1.29, 1.82) is 0 Å². The molecule has 0 bridgehead atoms. The molecule has 1 aromatic carbocycles. The maximum absolute atomic E-state index is 11.9. The molecule has 1 heterocycles. The molecule has 0 unspecified atom stereocenters. The van der Waals surface area contributed by atoms with Crippen LogP contribution in [0.15, 0.2) is 18.2 Å². The van der Waals surface area contributed by atoms with Gasteiger partial charge in [-0.3, -0.25) is 10.1 Å². The lowest BCUT2D eigenvalue weighted by atomic mass is 10.1. The molecule has 7 heteroatoms. The molecule has 1 aromatic rings. The summed E-state index contributed by atoms with van der Waals surface area (Å²) in [7, 11) is 1.54. The summed E-state index contributed by atoms with van der Waals surface area (Å²) >= 11 is 0. The number of benzene rings is 1. The molecule has 21 heavy (non-hydrogen) atoms. The van der Waals surface area contributed by atoms with Gasteiger partial charge in [-0.25, -0.2) is 4.79 Å². The minimum atomic E-state index is -0.516. The molecule has 0 aliphatic carbocycles. The normalized spacial score (nSPS) is 12.9. The highest BCUT2D eigenvalue weighted by Crippen LogP contribution is 2.33. The topological polar surface area (TPSA) is 96.7 Å². The smallest absolute Gasteiger partial charge is 0.321 e. The van der Waals surface area contributed by atoms with Crippen LogP contribution in [0, 0.1) is 0 Å². The first kappa shape index (κ1) is 15.1. The number of carbonyl (C=O) groups is 2. The van der Waals surface area contributed by atoms with Crippen molar-refractivity contribution in [3.8, 4) is 0 Å². The summed E-state index contributed by atoms with van der Waals surface area (Å²) in [6.45, 7) is 1.59. The number of anilines is 2. The van der Waals surface area contributed by atoms with Crippen molar-refractivity contribution in [3.63, 3.8) is 0 Å². The van der Waals surface area contributed by atoms with E-state index in [-0.39, 0.29) is 12.5 Å². The molecule has 114 valence electrons. The van der Waals surface area contributed by atoms with E-state index >= 15 is 0 Å². The number of nitrogens with two attached hydrogens (primary N) is 1. The van der Waals surface area contributed by atoms with E-state index in [1.165, 1.54) is 0 Å². The molecule has 0 radical (unpaired) electrons. The molecule has 3 amide bonds. The van der Waals surface area contributed by atoms with E-state index in [1.54, 1.807) is 7.11 Å². The van der Waals surface area contributed by atoms with E-state index in [0.717, 1.165) is 24.2 Å². The zero-order chi connectivity index (χ0) is 15.2. The van der Waals surface area contributed by atoms with Crippen LogP contribution < -0.4 is 21.3 Å². The number of methoxy groups -OCH3 is 1. The van der Waals surface area contributed by atoms with Gasteiger partial charge in [0.05, 0.1) is 24.5 Å². The molecule has 0 spiro atoms. The van der Waals surface area contributed by atoms with Crippen molar-refractivity contribution in [3.05, 3.63) is 23.8 Å². The van der Waals surface area contributed by atoms with Crippen LogP contribution in [0.2, 0.25) is 0 Å². The summed E-state index contributed by atoms with van der Waals surface area (Å²) < 4.78 is 4.81. The van der Waals surface area contributed by atoms with Gasteiger partial charge < -0.3 is 20.7 Å². The third kappa shape index (κ3) is 3.85. The van der Waals surface area contributed by atoms with Crippen LogP contribution >= 0.6 is 0 Å². The lowest BCUT2D eigenvalue weighted by Crippen LogP contribution is -2.45. The molecule has 7 nitrogen and oxygen atoms in total. The Hall–Kier alpha value is -2.28. The van der Waals surface area contributed by atoms with Crippen molar-refractivity contribution >= 4 is 23.3 Å². The monoisotopic (exact) mass is 292 g/mol. The zero-order valence-electron chi connectivity index (χ0n) is 12.0. The molecular formula is C14H20N4O3. The van der Waals surface area contributed by atoms with Crippen LogP contribution in [-0.2, 0) is 16.0 Å². The number of urea groups is 1. The van der Waals surface area contributed by atoms with Gasteiger partial charge in [0.25, 0.3) is 0 Å². The lowest BCUT2D eigenvalue weighted by molar-refractivity contribution is -0.118. The molecule has 0 saturated heterocycles. The van der Waals surface area contributed by atoms with Crippen molar-refractivity contribution in [1.82, 2.24) is 10.6 Å². The molecule has 1 aliphatic rings. The van der Waals surface area contributed by atoms with Crippen molar-refractivity contribution in [2.75, 3.05) is 44.0 Å². The molecule has 2 rings (SSSR count). The number of hydrogen-bond donors (Lipinski definition) is 3. The van der Waals surface area contributed by atoms with E-state index in [2.05, 4.69) is 10.6 Å². The molecule has 1 aliphatic heterocycles. The number of amides is 3. The summed E-state index contributed by atoms with van der Waals surface area (Å²) in [6, 6.07) is 5.20. The van der Waals surface area contributed by atoms with Crippen LogP contribution in [0.1, 0.15) is 5.56 Å². The Morgan fingerprint density at radius 1 is 1.43 bits per heavy atom. The van der Waals surface area contributed by atoms with Gasteiger partial charge in [-0.05, 0) is 18.1 Å². The highest BCUT2D eigenvalue weighted by Gasteiger charge is 2.23. The summed E-state index contributed by atoms with van der Waals surface area (Å²) in [5.41, 5.74) is 8.64. The molecule has 0 atom stereocenters. The summed E-state index contributed by atoms with van der Waals surface area (Å²) in [5, 5.41) is 4.82. The van der Waals surface area contributed by atoms with Crippen LogP contribution in [0.5, 0.6) is 0 Å². The van der Waals surface area contributed by atoms with Gasteiger partial charge in [0.2, 0.25) is 5.91 Å². The van der Waals surface area contributed by atoms with Gasteiger partial charge in [-0.15, -0.1) is 0 Å². The zero-order valence-corrected chi connectivity index (χ0v) is 12.0. The Balaban J connectivity index is 1.86. The van der Waals surface area contributed by atoms with Crippen molar-refractivity contribution in [2.24, 2.45) is 0 Å². The summed E-state index contributed by atoms with van der Waals surface area (Å²) in [5.74, 6) is -0.360. The number of imide groups is 1. The van der Waals surface area contributed by atoms with E-state index in [0.29, 0.717) is 18.8 Å². The first-order valence-electron chi connectivity index (χ1n) is 6.80.